The number of hydrogen-bond donors (Lipinski definition) is 1. The predicted molar refractivity (Wildman–Crippen MR) is 106 cm³/mol. The van der Waals surface area contributed by atoms with E-state index in [9.17, 15) is 4.79 Å². The van der Waals surface area contributed by atoms with Gasteiger partial charge >= 0.3 is 6.09 Å². The van der Waals surface area contributed by atoms with Crippen molar-refractivity contribution in [2.24, 2.45) is 0 Å². The van der Waals surface area contributed by atoms with E-state index in [2.05, 4.69) is 34.7 Å². The van der Waals surface area contributed by atoms with Crippen molar-refractivity contribution in [2.75, 3.05) is 30.8 Å². The first kappa shape index (κ1) is 17.7. The van der Waals surface area contributed by atoms with E-state index in [1.165, 1.54) is 11.3 Å². The van der Waals surface area contributed by atoms with Crippen LogP contribution in [0.15, 0.2) is 18.3 Å². The number of nitrogens with two attached hydrogens (primary N) is 1. The molecule has 0 aliphatic carbocycles. The van der Waals surface area contributed by atoms with Gasteiger partial charge in [-0.05, 0) is 39.3 Å². The third kappa shape index (κ3) is 2.91. The fourth-order valence-electron chi connectivity index (χ4n) is 3.92. The molecule has 1 aromatic carbocycles. The van der Waals surface area contributed by atoms with Crippen LogP contribution in [0.2, 0.25) is 0 Å². The molecule has 2 aromatic rings. The van der Waals surface area contributed by atoms with Gasteiger partial charge in [0, 0.05) is 31.3 Å². The van der Waals surface area contributed by atoms with Crippen molar-refractivity contribution < 1.29 is 9.53 Å². The molecule has 2 aliphatic heterocycles. The summed E-state index contributed by atoms with van der Waals surface area (Å²) < 4.78 is 7.52. The van der Waals surface area contributed by atoms with Crippen molar-refractivity contribution in [3.8, 4) is 11.1 Å². The first-order valence-electron chi connectivity index (χ1n) is 9.30. The van der Waals surface area contributed by atoms with E-state index in [4.69, 9.17) is 10.5 Å². The molecule has 7 nitrogen and oxygen atoms in total. The van der Waals surface area contributed by atoms with Crippen LogP contribution in [0.25, 0.3) is 11.1 Å². The van der Waals surface area contributed by atoms with Crippen LogP contribution in [0.4, 0.5) is 16.2 Å². The molecule has 0 atom stereocenters. The van der Waals surface area contributed by atoms with Crippen LogP contribution in [0.3, 0.4) is 0 Å². The Balaban J connectivity index is 1.59. The highest BCUT2D eigenvalue weighted by atomic mass is 16.6. The van der Waals surface area contributed by atoms with Gasteiger partial charge in [0.1, 0.15) is 5.60 Å². The van der Waals surface area contributed by atoms with Gasteiger partial charge in [0.05, 0.1) is 35.9 Å². The maximum absolute atomic E-state index is 12.2. The summed E-state index contributed by atoms with van der Waals surface area (Å²) in [5.74, 6) is 0. The summed E-state index contributed by atoms with van der Waals surface area (Å²) in [6, 6.07) is 4.20. The normalized spacial score (nSPS) is 16.6. The Hall–Kier alpha value is -2.70. The van der Waals surface area contributed by atoms with Crippen molar-refractivity contribution in [1.29, 1.82) is 0 Å². The number of nitrogens with zero attached hydrogens (tertiary/aromatic N) is 4. The average Bonchev–Trinajstić information content (AvgIpc) is 2.90. The van der Waals surface area contributed by atoms with E-state index >= 15 is 0 Å². The Labute approximate surface area is 159 Å². The molecule has 4 rings (SSSR count). The fourth-order valence-corrected chi connectivity index (χ4v) is 3.92. The number of likely N-dealkylation sites (tertiary alicyclic amines) is 1. The molecule has 1 saturated heterocycles. The topological polar surface area (TPSA) is 76.6 Å². The van der Waals surface area contributed by atoms with E-state index < -0.39 is 5.60 Å². The average molecular weight is 369 g/mol. The van der Waals surface area contributed by atoms with Crippen LogP contribution in [0.5, 0.6) is 0 Å². The minimum absolute atomic E-state index is 0.178. The second-order valence-corrected chi connectivity index (χ2v) is 8.54. The number of carbonyl (C=O) groups is 1. The SMILES string of the molecule is Cc1ccc(N)c2c1-c1cnn(C3CN(C(=O)OC(C)(C)C)C3)c1CN2C. The summed E-state index contributed by atoms with van der Waals surface area (Å²) in [5, 5.41) is 4.66. The molecule has 0 saturated carbocycles. The minimum Gasteiger partial charge on any atom is -0.444 e. The van der Waals surface area contributed by atoms with E-state index in [0.717, 1.165) is 29.0 Å². The van der Waals surface area contributed by atoms with E-state index in [0.29, 0.717) is 13.1 Å². The van der Waals surface area contributed by atoms with Crippen LogP contribution in [0, 0.1) is 6.92 Å². The highest BCUT2D eigenvalue weighted by Crippen LogP contribution is 2.44. The van der Waals surface area contributed by atoms with Gasteiger partial charge in [0.2, 0.25) is 0 Å². The lowest BCUT2D eigenvalue weighted by Crippen LogP contribution is -2.52. The summed E-state index contributed by atoms with van der Waals surface area (Å²) in [6.45, 7) is 9.74. The van der Waals surface area contributed by atoms with Gasteiger partial charge in [0.15, 0.2) is 0 Å². The third-order valence-corrected chi connectivity index (χ3v) is 5.21. The number of nitrogen functional groups attached to an aromatic ring is 1. The Morgan fingerprint density at radius 2 is 2.00 bits per heavy atom. The van der Waals surface area contributed by atoms with Gasteiger partial charge in [-0.2, -0.15) is 5.10 Å². The van der Waals surface area contributed by atoms with Crippen LogP contribution < -0.4 is 10.6 Å². The second kappa shape index (κ2) is 5.90. The van der Waals surface area contributed by atoms with Crippen LogP contribution >= 0.6 is 0 Å². The number of ether oxygens (including phenoxy) is 1. The van der Waals surface area contributed by atoms with Crippen molar-refractivity contribution >= 4 is 17.5 Å². The maximum Gasteiger partial charge on any atom is 0.410 e. The van der Waals surface area contributed by atoms with Crippen LogP contribution in [0.1, 0.15) is 38.1 Å². The third-order valence-electron chi connectivity index (χ3n) is 5.21. The molecule has 0 spiro atoms. The number of anilines is 2. The van der Waals surface area contributed by atoms with Crippen molar-refractivity contribution in [3.63, 3.8) is 0 Å². The quantitative estimate of drug-likeness (QED) is 0.781. The predicted octanol–water partition coefficient (Wildman–Crippen LogP) is 3.18. The van der Waals surface area contributed by atoms with E-state index in [1.54, 1.807) is 4.90 Å². The standard InChI is InChI=1S/C20H27N5O2/c1-12-6-7-15(21)18-17(12)14-8-22-25(16(14)11-23(18)5)13-9-24(10-13)19(26)27-20(2,3)4/h6-8,13H,9-11,21H2,1-5H3. The highest BCUT2D eigenvalue weighted by molar-refractivity contribution is 5.91. The number of carbonyl (C=O) groups excluding carboxylic acids is 1. The molecule has 0 bridgehead atoms. The lowest BCUT2D eigenvalue weighted by molar-refractivity contribution is -0.000752. The molecule has 0 unspecified atom stereocenters. The first-order valence-corrected chi connectivity index (χ1v) is 9.30. The van der Waals surface area contributed by atoms with Gasteiger partial charge in [-0.25, -0.2) is 4.79 Å². The summed E-state index contributed by atoms with van der Waals surface area (Å²) >= 11 is 0. The Morgan fingerprint density at radius 3 is 2.67 bits per heavy atom. The number of aryl methyl sites for hydroxylation is 1. The lowest BCUT2D eigenvalue weighted by Gasteiger charge is -2.41. The molecular formula is C20H27N5O2. The molecule has 2 aliphatic rings. The number of fused-ring (bicyclic) bond motifs is 3. The van der Waals surface area contributed by atoms with Crippen LogP contribution in [-0.4, -0.2) is 46.5 Å². The number of aromatic nitrogens is 2. The second-order valence-electron chi connectivity index (χ2n) is 8.54. The molecule has 27 heavy (non-hydrogen) atoms. The summed E-state index contributed by atoms with van der Waals surface area (Å²) in [5.41, 5.74) is 12.3. The molecule has 0 radical (unpaired) electrons. The Morgan fingerprint density at radius 1 is 1.30 bits per heavy atom. The zero-order valence-electron chi connectivity index (χ0n) is 16.6. The maximum atomic E-state index is 12.2. The first-order chi connectivity index (χ1) is 12.7. The molecule has 144 valence electrons. The van der Waals surface area contributed by atoms with Crippen molar-refractivity contribution in [1.82, 2.24) is 14.7 Å². The minimum atomic E-state index is -0.475. The Bertz CT molecular complexity index is 906. The molecule has 7 heteroatoms. The summed E-state index contributed by atoms with van der Waals surface area (Å²) in [4.78, 5) is 16.1. The van der Waals surface area contributed by atoms with Gasteiger partial charge in [0.25, 0.3) is 0 Å². The zero-order valence-corrected chi connectivity index (χ0v) is 16.6. The highest BCUT2D eigenvalue weighted by Gasteiger charge is 2.38. The largest absolute Gasteiger partial charge is 0.444 e. The number of amides is 1. The molecule has 3 heterocycles. The van der Waals surface area contributed by atoms with Crippen LogP contribution in [-0.2, 0) is 11.3 Å². The monoisotopic (exact) mass is 369 g/mol. The zero-order chi connectivity index (χ0) is 19.5. The molecular weight excluding hydrogens is 342 g/mol. The fraction of sp³-hybridized carbons (Fsp3) is 0.500. The molecule has 1 amide bonds. The van der Waals surface area contributed by atoms with Gasteiger partial charge in [-0.1, -0.05) is 6.07 Å². The summed E-state index contributed by atoms with van der Waals surface area (Å²) in [6.07, 6.45) is 1.68. The summed E-state index contributed by atoms with van der Waals surface area (Å²) in [7, 11) is 2.06. The van der Waals surface area contributed by atoms with Gasteiger partial charge < -0.3 is 20.3 Å². The molecule has 1 aromatic heterocycles. The molecule has 1 fully saturated rings. The van der Waals surface area contributed by atoms with Crippen molar-refractivity contribution in [3.05, 3.63) is 29.6 Å². The number of rotatable bonds is 1. The van der Waals surface area contributed by atoms with Gasteiger partial charge in [-0.15, -0.1) is 0 Å². The van der Waals surface area contributed by atoms with E-state index in [1.807, 2.05) is 33.0 Å². The lowest BCUT2D eigenvalue weighted by atomic mass is 9.93. The Kier molecular flexibility index (Phi) is 3.87. The molecule has 2 N–H and O–H groups in total. The number of benzene rings is 1. The van der Waals surface area contributed by atoms with Gasteiger partial charge in [-0.3, -0.25) is 4.68 Å². The van der Waals surface area contributed by atoms with E-state index in [-0.39, 0.29) is 12.1 Å². The smallest absolute Gasteiger partial charge is 0.410 e. The number of hydrogen-bond acceptors (Lipinski definition) is 5. The van der Waals surface area contributed by atoms with Crippen molar-refractivity contribution in [2.45, 2.75) is 45.9 Å².